The number of unbranched alkanes of at least 4 members (excludes halogenated alkanes) is 4. The number of H-pyrrole nitrogens is 4. The van der Waals surface area contributed by atoms with Crippen molar-refractivity contribution in [3.05, 3.63) is 208 Å². The molecule has 13 rings (SSSR count). The highest BCUT2D eigenvalue weighted by atomic mass is 16.5. The first-order valence-electron chi connectivity index (χ1n) is 41.2. The van der Waals surface area contributed by atoms with Crippen LogP contribution in [0.25, 0.3) is 54.5 Å². The van der Waals surface area contributed by atoms with E-state index in [1.54, 1.807) is 7.11 Å². The maximum Gasteiger partial charge on any atom is 0.132 e. The zero-order valence-electron chi connectivity index (χ0n) is 71.6. The second-order valence-corrected chi connectivity index (χ2v) is 31.0. The molecule has 0 unspecified atom stereocenters. The maximum atomic E-state index is 8.92. The Labute approximate surface area is 687 Å². The van der Waals surface area contributed by atoms with Crippen LogP contribution in [0, 0.1) is 36.5 Å². The number of likely N-dealkylation sites (N-methyl/N-ethyl adjacent to an activating group) is 2. The van der Waals surface area contributed by atoms with Crippen molar-refractivity contribution in [2.75, 3.05) is 88.7 Å². The Morgan fingerprint density at radius 2 is 0.897 bits per heavy atom. The highest BCUT2D eigenvalue weighted by molar-refractivity contribution is 5.86. The first kappa shape index (κ1) is 89.0. The van der Waals surface area contributed by atoms with E-state index in [-0.39, 0.29) is 6.04 Å². The van der Waals surface area contributed by atoms with Crippen LogP contribution in [0.5, 0.6) is 28.7 Å². The second kappa shape index (κ2) is 46.0. The van der Waals surface area contributed by atoms with Gasteiger partial charge in [0.25, 0.3) is 0 Å². The number of ether oxygens (including phenoxy) is 4. The Morgan fingerprint density at radius 1 is 0.474 bits per heavy atom. The van der Waals surface area contributed by atoms with Crippen molar-refractivity contribution >= 4 is 54.5 Å². The Kier molecular flexibility index (Phi) is 35.3. The first-order chi connectivity index (χ1) is 56.2. The third-order valence-electron chi connectivity index (χ3n) is 19.9. The van der Waals surface area contributed by atoms with Gasteiger partial charge in [0.1, 0.15) is 42.0 Å². The summed E-state index contributed by atoms with van der Waals surface area (Å²) in [6, 6.07) is 49.9. The van der Waals surface area contributed by atoms with Crippen LogP contribution >= 0.6 is 0 Å². The number of rotatable bonds is 37. The first-order valence-corrected chi connectivity index (χ1v) is 41.2. The molecule has 6 heterocycles. The van der Waals surface area contributed by atoms with Crippen LogP contribution in [0.15, 0.2) is 152 Å². The third-order valence-corrected chi connectivity index (χ3v) is 19.9. The summed E-state index contributed by atoms with van der Waals surface area (Å²) in [6.07, 6.45) is 17.2. The van der Waals surface area contributed by atoms with Crippen molar-refractivity contribution in [2.45, 2.75) is 172 Å². The monoisotopic (exact) mass is 1570 g/mol. The van der Waals surface area contributed by atoms with Gasteiger partial charge in [-0.25, -0.2) is 0 Å². The molecule has 0 amide bonds. The molecule has 0 saturated carbocycles. The number of nitrogens with zero attached hydrogens (tertiary/aromatic N) is 14. The van der Waals surface area contributed by atoms with Crippen molar-refractivity contribution in [3.63, 3.8) is 0 Å². The van der Waals surface area contributed by atoms with Gasteiger partial charge in [-0.1, -0.05) is 96.9 Å². The lowest BCUT2D eigenvalue weighted by Crippen LogP contribution is -2.28. The topological polar surface area (TPSA) is 239 Å². The molecule has 0 fully saturated rings. The standard InChI is InChI=1S/C23H29N5O.C21H31N5O.C21H23N3O.C14H21N3O.C14H21N3/c1-17(2)28-23(15-27(4)12-11-25-3)21-13-20(9-10-22(21)26-28)29-16-19-7-5-18(14-24)6-8-19;1-5-6-10-25(4)14-21-19-12-18(7-8-20(19)22-23-21)27-15-17-9-11-26(24-17)13-16(2)3;1-4-6-13-24(3)15-21-19-14-18(11-12-20(19)22-23-21)25-17-9-7-16(5-2)8-10-17;1-4-5-8-17(2)10-14-12-9-11(18-3)6-7-13(12)15-16-14;1-4-5-8-17(3)10-14-12-9-11(2)6-7-13(12)15-16-14/h5-10,13,17,25H,11-12,15-16H2,1-4H3;7-9,11-12,16H,5-6,10,13-15H2,1-4H3,(H,22,23);2,7-12,14H,4,6,13,15H2,1,3H3,(H,22,23);6-7,9H,4-5,8,10H2,1-3H3,(H,15,16);6-7,9H,4-5,8,10H2,1-3H3,(H,15,16). The number of aromatic nitrogens is 12. The normalized spacial score (nSPS) is 11.4. The van der Waals surface area contributed by atoms with Crippen LogP contribution in [0.4, 0.5) is 0 Å². The summed E-state index contributed by atoms with van der Waals surface area (Å²) in [5, 5.41) is 57.4. The number of aromatic amines is 4. The number of terminal acetylenes is 1. The second-order valence-electron chi connectivity index (χ2n) is 31.0. The minimum Gasteiger partial charge on any atom is -0.497 e. The van der Waals surface area contributed by atoms with Gasteiger partial charge in [-0.15, -0.1) is 6.42 Å². The molecule has 0 radical (unpaired) electrons. The highest BCUT2D eigenvalue weighted by Crippen LogP contribution is 2.31. The van der Waals surface area contributed by atoms with Crippen LogP contribution in [0.3, 0.4) is 0 Å². The van der Waals surface area contributed by atoms with E-state index in [0.29, 0.717) is 24.7 Å². The van der Waals surface area contributed by atoms with E-state index in [0.717, 1.165) is 190 Å². The smallest absolute Gasteiger partial charge is 0.132 e. The van der Waals surface area contributed by atoms with Gasteiger partial charge in [0, 0.05) is 97.1 Å². The number of methoxy groups -OCH3 is 1. The predicted molar refractivity (Wildman–Crippen MR) is 472 cm³/mol. The summed E-state index contributed by atoms with van der Waals surface area (Å²) < 4.78 is 27.3. The van der Waals surface area contributed by atoms with Crippen molar-refractivity contribution < 1.29 is 18.9 Å². The lowest BCUT2D eigenvalue weighted by atomic mass is 10.1. The lowest BCUT2D eigenvalue weighted by Gasteiger charge is -2.19. The number of aryl methyl sites for hydroxylation is 1. The molecule has 0 atom stereocenters. The molecular formula is C93H125N19O4. The molecule has 23 heteroatoms. The van der Waals surface area contributed by atoms with Crippen LogP contribution in [-0.2, 0) is 52.5 Å². The minimum atomic E-state index is 0.290. The predicted octanol–water partition coefficient (Wildman–Crippen LogP) is 18.4. The van der Waals surface area contributed by atoms with E-state index >= 15 is 0 Å². The van der Waals surface area contributed by atoms with E-state index in [9.17, 15) is 0 Å². The summed E-state index contributed by atoms with van der Waals surface area (Å²) in [5.74, 6) is 7.29. The Morgan fingerprint density at radius 3 is 1.36 bits per heavy atom. The zero-order chi connectivity index (χ0) is 82.9. The molecule has 6 aromatic heterocycles. The van der Waals surface area contributed by atoms with E-state index in [1.165, 1.54) is 73.7 Å². The molecule has 23 nitrogen and oxygen atoms in total. The molecule has 13 aromatic rings. The fourth-order valence-corrected chi connectivity index (χ4v) is 13.3. The molecule has 0 aliphatic heterocycles. The number of fused-ring (bicyclic) bond motifs is 5. The Bertz CT molecular complexity index is 5170. The molecule has 0 bridgehead atoms. The average Bonchev–Trinajstić information content (AvgIpc) is 1.66. The molecule has 7 aromatic carbocycles. The fourth-order valence-electron chi connectivity index (χ4n) is 13.3. The molecule has 616 valence electrons. The summed E-state index contributed by atoms with van der Waals surface area (Å²) in [6.45, 7) is 32.3. The maximum absolute atomic E-state index is 8.92. The highest BCUT2D eigenvalue weighted by Gasteiger charge is 2.19. The molecule has 0 aliphatic rings. The van der Waals surface area contributed by atoms with Gasteiger partial charge in [0.15, 0.2) is 0 Å². The van der Waals surface area contributed by atoms with Crippen LogP contribution in [0.1, 0.15) is 169 Å². The SMILES string of the molecule is C#Cc1ccc(Oc2ccc3n[nH]c(CN(C)CCCC)c3c2)cc1.CCCCN(C)Cc1[nH]nc2ccc(C)cc12.CCCCN(C)Cc1[nH]nc2ccc(OC)cc12.CCCCN(C)Cc1[nH]nc2ccc(OCc3ccn(CC(C)C)n3)cc12.CNCCN(C)Cc1c2cc(OCc3ccc(C#N)cc3)ccc2nn1C(C)C. The quantitative estimate of drug-likeness (QED) is 0.0227. The fraction of sp³-hybridized carbons (Fsp3) is 0.430. The third kappa shape index (κ3) is 27.1. The molecule has 0 aliphatic carbocycles. The molecule has 0 saturated heterocycles. The van der Waals surface area contributed by atoms with Crippen LogP contribution < -0.4 is 24.3 Å². The lowest BCUT2D eigenvalue weighted by molar-refractivity contribution is 0.299. The van der Waals surface area contributed by atoms with E-state index in [2.05, 4.69) is 220 Å². The van der Waals surface area contributed by atoms with Gasteiger partial charge >= 0.3 is 0 Å². The molecular weight excluding hydrogens is 1450 g/mol. The summed E-state index contributed by atoms with van der Waals surface area (Å²) >= 11 is 0. The van der Waals surface area contributed by atoms with Gasteiger partial charge in [-0.3, -0.25) is 34.7 Å². The molecule has 0 spiro atoms. The van der Waals surface area contributed by atoms with Gasteiger partial charge in [0.2, 0.25) is 0 Å². The number of benzene rings is 7. The minimum absolute atomic E-state index is 0.290. The number of hydrogen-bond acceptors (Lipinski definition) is 17. The van der Waals surface area contributed by atoms with E-state index in [1.807, 2.05) is 133 Å². The van der Waals surface area contributed by atoms with Gasteiger partial charge in [0.05, 0.1) is 80.5 Å². The number of nitriles is 1. The van der Waals surface area contributed by atoms with Crippen LogP contribution in [-0.4, -0.2) is 174 Å². The van der Waals surface area contributed by atoms with E-state index < -0.39 is 0 Å². The zero-order valence-corrected chi connectivity index (χ0v) is 71.6. The van der Waals surface area contributed by atoms with Gasteiger partial charge in [-0.05, 0) is 254 Å². The number of hydrogen-bond donors (Lipinski definition) is 5. The molecule has 5 N–H and O–H groups in total. The largest absolute Gasteiger partial charge is 0.497 e. The summed E-state index contributed by atoms with van der Waals surface area (Å²) in [4.78, 5) is 11.6. The summed E-state index contributed by atoms with van der Waals surface area (Å²) in [7, 11) is 14.4. The Hall–Kier alpha value is -10.9. The van der Waals surface area contributed by atoms with Crippen molar-refractivity contribution in [1.29, 1.82) is 5.26 Å². The summed E-state index contributed by atoms with van der Waals surface area (Å²) in [5.41, 5.74) is 15.6. The van der Waals surface area contributed by atoms with Crippen LogP contribution in [0.2, 0.25) is 0 Å². The Balaban J connectivity index is 0.000000168. The van der Waals surface area contributed by atoms with Gasteiger partial charge < -0.3 is 43.9 Å². The average molecular weight is 1570 g/mol. The van der Waals surface area contributed by atoms with Crippen molar-refractivity contribution in [1.82, 2.24) is 90.2 Å². The number of nitrogens with one attached hydrogen (secondary N) is 5. The van der Waals surface area contributed by atoms with Crippen molar-refractivity contribution in [3.8, 4) is 47.2 Å². The van der Waals surface area contributed by atoms with E-state index in [4.69, 9.17) is 35.7 Å². The van der Waals surface area contributed by atoms with Crippen molar-refractivity contribution in [2.24, 2.45) is 5.92 Å². The van der Waals surface area contributed by atoms with Gasteiger partial charge in [-0.2, -0.15) is 35.9 Å². The molecule has 116 heavy (non-hydrogen) atoms.